The van der Waals surface area contributed by atoms with Gasteiger partial charge in [-0.05, 0) is 62.8 Å². The van der Waals surface area contributed by atoms with Crippen LogP contribution in [0.25, 0.3) is 0 Å². The van der Waals surface area contributed by atoms with E-state index < -0.39 is 10.0 Å². The third-order valence-electron chi connectivity index (χ3n) is 4.71. The minimum Gasteiger partial charge on any atom is -0.382 e. The Morgan fingerprint density at radius 3 is 2.38 bits per heavy atom. The van der Waals surface area contributed by atoms with Crippen molar-refractivity contribution in [3.8, 4) is 0 Å². The van der Waals surface area contributed by atoms with E-state index in [-0.39, 0.29) is 4.90 Å². The van der Waals surface area contributed by atoms with Crippen molar-refractivity contribution in [2.75, 3.05) is 5.32 Å². The molecule has 1 aromatic rings. The van der Waals surface area contributed by atoms with Gasteiger partial charge in [0.25, 0.3) is 0 Å². The van der Waals surface area contributed by atoms with E-state index in [1.165, 1.54) is 32.1 Å². The number of anilines is 1. The molecule has 1 unspecified atom stereocenters. The predicted molar refractivity (Wildman–Crippen MR) is 86.9 cm³/mol. The lowest BCUT2D eigenvalue weighted by Gasteiger charge is -2.30. The third kappa shape index (κ3) is 3.98. The molecule has 1 aliphatic rings. The summed E-state index contributed by atoms with van der Waals surface area (Å²) >= 11 is 0. The second-order valence-electron chi connectivity index (χ2n) is 6.29. The highest BCUT2D eigenvalue weighted by atomic mass is 32.2. The highest BCUT2D eigenvalue weighted by Crippen LogP contribution is 2.30. The zero-order chi connectivity index (χ0) is 15.6. The number of aryl methyl sites for hydroxylation is 1. The quantitative estimate of drug-likeness (QED) is 0.896. The van der Waals surface area contributed by atoms with Gasteiger partial charge in [-0.15, -0.1) is 0 Å². The number of benzene rings is 1. The molecule has 1 aliphatic carbocycles. The molecule has 5 heteroatoms. The largest absolute Gasteiger partial charge is 0.382 e. The third-order valence-corrected chi connectivity index (χ3v) is 5.60. The van der Waals surface area contributed by atoms with Gasteiger partial charge in [-0.25, -0.2) is 13.6 Å². The van der Waals surface area contributed by atoms with Crippen molar-refractivity contribution in [2.45, 2.75) is 63.8 Å². The second-order valence-corrected chi connectivity index (χ2v) is 7.85. The standard InChI is InChI=1S/C16H26N2O2S/c1-11-9-15(21(17,19)20)10-16(12(11)2)18-13(3)14-7-5-4-6-8-14/h9-10,13-14,18H,4-8H2,1-3H3,(H2,17,19,20). The van der Waals surface area contributed by atoms with Crippen LogP contribution < -0.4 is 10.5 Å². The molecule has 21 heavy (non-hydrogen) atoms. The fourth-order valence-electron chi connectivity index (χ4n) is 3.14. The first kappa shape index (κ1) is 16.3. The first-order valence-electron chi connectivity index (χ1n) is 7.69. The van der Waals surface area contributed by atoms with E-state index in [1.807, 2.05) is 13.8 Å². The molecule has 1 fully saturated rings. The van der Waals surface area contributed by atoms with Crippen LogP contribution in [0.5, 0.6) is 0 Å². The molecular formula is C16H26N2O2S. The molecule has 4 nitrogen and oxygen atoms in total. The lowest BCUT2D eigenvalue weighted by molar-refractivity contribution is 0.328. The number of primary sulfonamides is 1. The van der Waals surface area contributed by atoms with Crippen LogP contribution in [-0.2, 0) is 10.0 Å². The lowest BCUT2D eigenvalue weighted by Crippen LogP contribution is -2.28. The summed E-state index contributed by atoms with van der Waals surface area (Å²) in [6.45, 7) is 6.12. The minimum absolute atomic E-state index is 0.184. The monoisotopic (exact) mass is 310 g/mol. The van der Waals surface area contributed by atoms with Gasteiger partial charge in [-0.1, -0.05) is 19.3 Å². The van der Waals surface area contributed by atoms with E-state index in [4.69, 9.17) is 5.14 Å². The average molecular weight is 310 g/mol. The van der Waals surface area contributed by atoms with Crippen LogP contribution in [0.4, 0.5) is 5.69 Å². The van der Waals surface area contributed by atoms with Gasteiger partial charge in [-0.2, -0.15) is 0 Å². The SMILES string of the molecule is Cc1cc(S(N)(=O)=O)cc(NC(C)C2CCCCC2)c1C. The predicted octanol–water partition coefficient (Wildman–Crippen LogP) is 3.33. The molecule has 1 atom stereocenters. The van der Waals surface area contributed by atoms with Crippen LogP contribution in [0.3, 0.4) is 0 Å². The van der Waals surface area contributed by atoms with Gasteiger partial charge in [0.2, 0.25) is 10.0 Å². The molecule has 0 radical (unpaired) electrons. The zero-order valence-corrected chi connectivity index (χ0v) is 14.0. The maximum atomic E-state index is 11.6. The van der Waals surface area contributed by atoms with E-state index in [2.05, 4.69) is 12.2 Å². The maximum absolute atomic E-state index is 11.6. The Hall–Kier alpha value is -1.07. The summed E-state index contributed by atoms with van der Waals surface area (Å²) in [5.41, 5.74) is 2.92. The summed E-state index contributed by atoms with van der Waals surface area (Å²) in [5.74, 6) is 0.664. The fraction of sp³-hybridized carbons (Fsp3) is 0.625. The second kappa shape index (κ2) is 6.36. The molecule has 0 amide bonds. The molecule has 3 N–H and O–H groups in total. The molecular weight excluding hydrogens is 284 g/mol. The van der Waals surface area contributed by atoms with Crippen LogP contribution in [-0.4, -0.2) is 14.5 Å². The highest BCUT2D eigenvalue weighted by Gasteiger charge is 2.21. The summed E-state index contributed by atoms with van der Waals surface area (Å²) in [7, 11) is -3.67. The number of sulfonamides is 1. The highest BCUT2D eigenvalue weighted by molar-refractivity contribution is 7.89. The van der Waals surface area contributed by atoms with Crippen molar-refractivity contribution in [3.63, 3.8) is 0 Å². The number of nitrogens with two attached hydrogens (primary N) is 1. The van der Waals surface area contributed by atoms with E-state index in [0.717, 1.165) is 16.8 Å². The molecule has 0 saturated heterocycles. The average Bonchev–Trinajstić information content (AvgIpc) is 2.43. The molecule has 118 valence electrons. The lowest BCUT2D eigenvalue weighted by atomic mass is 9.84. The Morgan fingerprint density at radius 2 is 1.81 bits per heavy atom. The van der Waals surface area contributed by atoms with Gasteiger partial charge in [0.15, 0.2) is 0 Å². The van der Waals surface area contributed by atoms with Gasteiger partial charge in [-0.3, -0.25) is 0 Å². The molecule has 2 rings (SSSR count). The van der Waals surface area contributed by atoms with Gasteiger partial charge in [0.05, 0.1) is 4.90 Å². The van der Waals surface area contributed by atoms with Gasteiger partial charge >= 0.3 is 0 Å². The molecule has 0 spiro atoms. The van der Waals surface area contributed by atoms with Crippen molar-refractivity contribution in [1.29, 1.82) is 0 Å². The topological polar surface area (TPSA) is 72.2 Å². The molecule has 1 saturated carbocycles. The van der Waals surface area contributed by atoms with Crippen molar-refractivity contribution in [2.24, 2.45) is 11.1 Å². The zero-order valence-electron chi connectivity index (χ0n) is 13.1. The first-order valence-corrected chi connectivity index (χ1v) is 9.24. The summed E-state index contributed by atoms with van der Waals surface area (Å²) in [5, 5.41) is 8.78. The van der Waals surface area contributed by atoms with Crippen LogP contribution in [0.2, 0.25) is 0 Å². The Balaban J connectivity index is 2.24. The summed E-state index contributed by atoms with van der Waals surface area (Å²) < 4.78 is 23.2. The number of rotatable bonds is 4. The first-order chi connectivity index (χ1) is 9.79. The van der Waals surface area contributed by atoms with Crippen molar-refractivity contribution < 1.29 is 8.42 Å². The number of nitrogens with one attached hydrogen (secondary N) is 1. The maximum Gasteiger partial charge on any atom is 0.238 e. The summed E-state index contributed by atoms with van der Waals surface area (Å²) in [6, 6.07) is 3.65. The Labute approximate surface area is 128 Å². The van der Waals surface area contributed by atoms with Gasteiger partial charge in [0.1, 0.15) is 0 Å². The fourth-order valence-corrected chi connectivity index (χ4v) is 3.76. The van der Waals surface area contributed by atoms with Gasteiger partial charge in [0, 0.05) is 11.7 Å². The van der Waals surface area contributed by atoms with Crippen molar-refractivity contribution in [1.82, 2.24) is 0 Å². The number of hydrogen-bond acceptors (Lipinski definition) is 3. The Morgan fingerprint density at radius 1 is 1.19 bits per heavy atom. The molecule has 1 aromatic carbocycles. The summed E-state index contributed by atoms with van der Waals surface area (Å²) in [4.78, 5) is 0.184. The summed E-state index contributed by atoms with van der Waals surface area (Å²) in [6.07, 6.45) is 6.43. The molecule has 0 heterocycles. The molecule has 0 bridgehead atoms. The van der Waals surface area contributed by atoms with E-state index in [1.54, 1.807) is 12.1 Å². The normalized spacial score (nSPS) is 18.5. The van der Waals surface area contributed by atoms with Crippen LogP contribution in [0, 0.1) is 19.8 Å². The van der Waals surface area contributed by atoms with Crippen LogP contribution in [0.1, 0.15) is 50.2 Å². The minimum atomic E-state index is -3.67. The van der Waals surface area contributed by atoms with Crippen molar-refractivity contribution in [3.05, 3.63) is 23.3 Å². The van der Waals surface area contributed by atoms with E-state index in [0.29, 0.717) is 12.0 Å². The number of hydrogen-bond donors (Lipinski definition) is 2. The van der Waals surface area contributed by atoms with Crippen LogP contribution in [0.15, 0.2) is 17.0 Å². The Bertz CT molecular complexity index is 605. The van der Waals surface area contributed by atoms with E-state index >= 15 is 0 Å². The van der Waals surface area contributed by atoms with Gasteiger partial charge < -0.3 is 5.32 Å². The molecule has 0 aromatic heterocycles. The smallest absolute Gasteiger partial charge is 0.238 e. The van der Waals surface area contributed by atoms with Crippen LogP contribution >= 0.6 is 0 Å². The van der Waals surface area contributed by atoms with Crippen molar-refractivity contribution >= 4 is 15.7 Å². The Kier molecular flexibility index (Phi) is 4.94. The van der Waals surface area contributed by atoms with E-state index in [9.17, 15) is 8.42 Å². The molecule has 0 aliphatic heterocycles.